The zero-order valence-corrected chi connectivity index (χ0v) is 10.1. The molecule has 0 aliphatic carbocycles. The van der Waals surface area contributed by atoms with Crippen LogP contribution in [0.1, 0.15) is 44.6 Å². The fourth-order valence-electron chi connectivity index (χ4n) is 1.50. The minimum Gasteiger partial charge on any atom is -0.469 e. The van der Waals surface area contributed by atoms with Crippen LogP contribution >= 0.6 is 0 Å². The number of aromatic amines is 1. The predicted molar refractivity (Wildman–Crippen MR) is 58.9 cm³/mol. The average molecular weight is 226 g/mol. The SMILES string of the molecule is COC(=O)C[C@@H](O)c1cn[nH]c1C(C)(C)C. The molecule has 0 saturated heterocycles. The van der Waals surface area contributed by atoms with Crippen molar-refractivity contribution in [3.8, 4) is 0 Å². The fourth-order valence-corrected chi connectivity index (χ4v) is 1.50. The first-order valence-corrected chi connectivity index (χ1v) is 5.15. The molecule has 2 N–H and O–H groups in total. The van der Waals surface area contributed by atoms with Gasteiger partial charge in [0, 0.05) is 16.7 Å². The Morgan fingerprint density at radius 2 is 2.25 bits per heavy atom. The third-order valence-electron chi connectivity index (χ3n) is 2.37. The Hall–Kier alpha value is -1.36. The van der Waals surface area contributed by atoms with E-state index in [1.165, 1.54) is 7.11 Å². The number of rotatable bonds is 3. The Balaban J connectivity index is 2.88. The molecule has 0 saturated carbocycles. The maximum absolute atomic E-state index is 11.1. The van der Waals surface area contributed by atoms with Crippen molar-refractivity contribution in [3.05, 3.63) is 17.5 Å². The molecular weight excluding hydrogens is 208 g/mol. The van der Waals surface area contributed by atoms with Gasteiger partial charge < -0.3 is 9.84 Å². The molecule has 0 fully saturated rings. The summed E-state index contributed by atoms with van der Waals surface area (Å²) < 4.78 is 4.51. The number of aromatic nitrogens is 2. The van der Waals surface area contributed by atoms with Crippen LogP contribution in [0.3, 0.4) is 0 Å². The van der Waals surface area contributed by atoms with E-state index < -0.39 is 12.1 Å². The fraction of sp³-hybridized carbons (Fsp3) is 0.636. The Kier molecular flexibility index (Phi) is 3.70. The molecule has 0 aliphatic rings. The molecule has 5 nitrogen and oxygen atoms in total. The second-order valence-corrected chi connectivity index (χ2v) is 4.75. The number of hydrogen-bond donors (Lipinski definition) is 2. The number of carbonyl (C=O) groups excluding carboxylic acids is 1. The highest BCUT2D eigenvalue weighted by Crippen LogP contribution is 2.28. The number of ether oxygens (including phenoxy) is 1. The van der Waals surface area contributed by atoms with Gasteiger partial charge in [-0.15, -0.1) is 0 Å². The Morgan fingerprint density at radius 3 is 2.75 bits per heavy atom. The lowest BCUT2D eigenvalue weighted by Crippen LogP contribution is -2.17. The first kappa shape index (κ1) is 12.7. The van der Waals surface area contributed by atoms with Crippen LogP contribution in [0, 0.1) is 0 Å². The summed E-state index contributed by atoms with van der Waals surface area (Å²) in [6.45, 7) is 6.03. The highest BCUT2D eigenvalue weighted by atomic mass is 16.5. The van der Waals surface area contributed by atoms with E-state index in [0.717, 1.165) is 5.69 Å². The summed E-state index contributed by atoms with van der Waals surface area (Å²) in [6, 6.07) is 0. The minimum absolute atomic E-state index is 0.0564. The normalized spacial score (nSPS) is 13.6. The number of aliphatic hydroxyl groups excluding tert-OH is 1. The standard InChI is InChI=1S/C11H18N2O3/c1-11(2,3)10-7(6-12-13-10)8(14)5-9(15)16-4/h6,8,14H,5H2,1-4H3,(H,12,13)/t8-/m1/s1. The van der Waals surface area contributed by atoms with E-state index in [0.29, 0.717) is 5.56 Å². The van der Waals surface area contributed by atoms with Gasteiger partial charge in [0.25, 0.3) is 0 Å². The molecule has 1 aromatic rings. The third kappa shape index (κ3) is 2.82. The van der Waals surface area contributed by atoms with Gasteiger partial charge in [0.2, 0.25) is 0 Å². The van der Waals surface area contributed by atoms with Gasteiger partial charge in [-0.1, -0.05) is 20.8 Å². The van der Waals surface area contributed by atoms with Crippen molar-refractivity contribution in [2.24, 2.45) is 0 Å². The van der Waals surface area contributed by atoms with Crippen LogP contribution in [0.4, 0.5) is 0 Å². The zero-order valence-electron chi connectivity index (χ0n) is 10.1. The quantitative estimate of drug-likeness (QED) is 0.762. The van der Waals surface area contributed by atoms with Gasteiger partial charge in [-0.25, -0.2) is 0 Å². The lowest BCUT2D eigenvalue weighted by molar-refractivity contribution is -0.142. The molecule has 0 radical (unpaired) electrons. The number of carbonyl (C=O) groups is 1. The average Bonchev–Trinajstić information content (AvgIpc) is 2.65. The smallest absolute Gasteiger partial charge is 0.308 e. The molecule has 0 unspecified atom stereocenters. The van der Waals surface area contributed by atoms with Crippen LogP contribution < -0.4 is 0 Å². The molecule has 0 spiro atoms. The van der Waals surface area contributed by atoms with E-state index in [9.17, 15) is 9.90 Å². The number of hydrogen-bond acceptors (Lipinski definition) is 4. The predicted octanol–water partition coefficient (Wildman–Crippen LogP) is 1.30. The van der Waals surface area contributed by atoms with Crippen molar-refractivity contribution in [1.82, 2.24) is 10.2 Å². The van der Waals surface area contributed by atoms with Gasteiger partial charge in [-0.3, -0.25) is 9.89 Å². The van der Waals surface area contributed by atoms with Crippen LogP contribution in [0.2, 0.25) is 0 Å². The Labute approximate surface area is 94.8 Å². The summed E-state index contributed by atoms with van der Waals surface area (Å²) in [7, 11) is 1.30. The summed E-state index contributed by atoms with van der Waals surface area (Å²) in [5.41, 5.74) is 1.34. The Bertz CT molecular complexity index is 366. The summed E-state index contributed by atoms with van der Waals surface area (Å²) >= 11 is 0. The molecule has 0 aromatic carbocycles. The van der Waals surface area contributed by atoms with Crippen molar-refractivity contribution in [3.63, 3.8) is 0 Å². The van der Waals surface area contributed by atoms with Gasteiger partial charge >= 0.3 is 5.97 Å². The first-order chi connectivity index (χ1) is 7.36. The summed E-state index contributed by atoms with van der Waals surface area (Å²) in [5.74, 6) is -0.437. The number of nitrogens with one attached hydrogen (secondary N) is 1. The van der Waals surface area contributed by atoms with Gasteiger partial charge in [-0.2, -0.15) is 5.10 Å². The van der Waals surface area contributed by atoms with E-state index in [-0.39, 0.29) is 11.8 Å². The second kappa shape index (κ2) is 4.65. The van der Waals surface area contributed by atoms with E-state index in [1.807, 2.05) is 20.8 Å². The molecule has 1 rings (SSSR count). The summed E-state index contributed by atoms with van der Waals surface area (Å²) in [6.07, 6.45) is 0.619. The third-order valence-corrected chi connectivity index (χ3v) is 2.37. The molecule has 1 heterocycles. The van der Waals surface area contributed by atoms with Gasteiger partial charge in [0.1, 0.15) is 0 Å². The lowest BCUT2D eigenvalue weighted by atomic mass is 9.87. The number of nitrogens with zero attached hydrogens (tertiary/aromatic N) is 1. The molecule has 0 aliphatic heterocycles. The van der Waals surface area contributed by atoms with Crippen LogP contribution in [-0.4, -0.2) is 28.4 Å². The van der Waals surface area contributed by atoms with E-state index in [2.05, 4.69) is 14.9 Å². The van der Waals surface area contributed by atoms with Gasteiger partial charge in [-0.05, 0) is 0 Å². The van der Waals surface area contributed by atoms with Crippen molar-refractivity contribution in [2.75, 3.05) is 7.11 Å². The number of aliphatic hydroxyl groups is 1. The van der Waals surface area contributed by atoms with Crippen molar-refractivity contribution in [2.45, 2.75) is 38.7 Å². The minimum atomic E-state index is -0.875. The molecule has 5 heteroatoms. The van der Waals surface area contributed by atoms with Crippen molar-refractivity contribution < 1.29 is 14.6 Å². The molecule has 1 aromatic heterocycles. The van der Waals surface area contributed by atoms with Crippen molar-refractivity contribution in [1.29, 1.82) is 0 Å². The maximum Gasteiger partial charge on any atom is 0.308 e. The van der Waals surface area contributed by atoms with Gasteiger partial charge in [0.05, 0.1) is 25.8 Å². The number of esters is 1. The lowest BCUT2D eigenvalue weighted by Gasteiger charge is -2.20. The zero-order chi connectivity index (χ0) is 12.3. The number of H-pyrrole nitrogens is 1. The van der Waals surface area contributed by atoms with Gasteiger partial charge in [0.15, 0.2) is 0 Å². The van der Waals surface area contributed by atoms with Crippen LogP contribution in [0.15, 0.2) is 6.20 Å². The van der Waals surface area contributed by atoms with Crippen molar-refractivity contribution >= 4 is 5.97 Å². The second-order valence-electron chi connectivity index (χ2n) is 4.75. The van der Waals surface area contributed by atoms with E-state index in [4.69, 9.17) is 0 Å². The monoisotopic (exact) mass is 226 g/mol. The largest absolute Gasteiger partial charge is 0.469 e. The maximum atomic E-state index is 11.1. The summed E-state index contributed by atoms with van der Waals surface area (Å²) in [5, 5.41) is 16.7. The topological polar surface area (TPSA) is 75.2 Å². The highest BCUT2D eigenvalue weighted by Gasteiger charge is 2.25. The van der Waals surface area contributed by atoms with Crippen LogP contribution in [-0.2, 0) is 14.9 Å². The van der Waals surface area contributed by atoms with Crippen LogP contribution in [0.25, 0.3) is 0 Å². The van der Waals surface area contributed by atoms with E-state index in [1.54, 1.807) is 6.20 Å². The Morgan fingerprint density at radius 1 is 1.62 bits per heavy atom. The highest BCUT2D eigenvalue weighted by molar-refractivity contribution is 5.70. The summed E-state index contributed by atoms with van der Waals surface area (Å²) in [4.78, 5) is 11.1. The first-order valence-electron chi connectivity index (χ1n) is 5.15. The molecule has 0 amide bonds. The molecular formula is C11H18N2O3. The van der Waals surface area contributed by atoms with Crippen LogP contribution in [0.5, 0.6) is 0 Å². The molecule has 1 atom stereocenters. The number of methoxy groups -OCH3 is 1. The van der Waals surface area contributed by atoms with E-state index >= 15 is 0 Å². The molecule has 0 bridgehead atoms. The molecule has 16 heavy (non-hydrogen) atoms. The molecule has 90 valence electrons.